The predicted octanol–water partition coefficient (Wildman–Crippen LogP) is 2.17. The van der Waals surface area contributed by atoms with E-state index in [1.807, 2.05) is 0 Å². The Kier molecular flexibility index (Phi) is 3.97. The van der Waals surface area contributed by atoms with Crippen LogP contribution in [0, 0.1) is 0 Å². The summed E-state index contributed by atoms with van der Waals surface area (Å²) in [6.07, 6.45) is 0. The zero-order valence-electron chi connectivity index (χ0n) is 10.3. The summed E-state index contributed by atoms with van der Waals surface area (Å²) in [7, 11) is 0. The van der Waals surface area contributed by atoms with Gasteiger partial charge < -0.3 is 5.32 Å². The Morgan fingerprint density at radius 1 is 1.37 bits per heavy atom. The molecule has 6 heteroatoms. The fourth-order valence-electron chi connectivity index (χ4n) is 1.56. The third-order valence-electron chi connectivity index (χ3n) is 2.48. The number of nitrogens with one attached hydrogen (secondary N) is 1. The van der Waals surface area contributed by atoms with Crippen LogP contribution in [-0.4, -0.2) is 15.7 Å². The second-order valence-electron chi connectivity index (χ2n) is 3.84. The summed E-state index contributed by atoms with van der Waals surface area (Å²) >= 11 is 5.83. The van der Waals surface area contributed by atoms with Crippen molar-refractivity contribution in [3.8, 4) is 0 Å². The largest absolute Gasteiger partial charge is 0.321 e. The summed E-state index contributed by atoms with van der Waals surface area (Å²) in [5.41, 5.74) is 0.525. The van der Waals surface area contributed by atoms with E-state index < -0.39 is 0 Å². The van der Waals surface area contributed by atoms with Gasteiger partial charge in [0.25, 0.3) is 11.5 Å². The highest BCUT2D eigenvalue weighted by molar-refractivity contribution is 6.30. The molecule has 2 rings (SSSR count). The van der Waals surface area contributed by atoms with Gasteiger partial charge in [-0.15, -0.1) is 0 Å². The molecule has 1 heterocycles. The summed E-state index contributed by atoms with van der Waals surface area (Å²) in [6, 6.07) is 9.53. The number of aryl methyl sites for hydroxylation is 1. The van der Waals surface area contributed by atoms with Gasteiger partial charge in [0.1, 0.15) is 5.69 Å². The van der Waals surface area contributed by atoms with Gasteiger partial charge >= 0.3 is 0 Å². The Morgan fingerprint density at radius 2 is 2.16 bits per heavy atom. The van der Waals surface area contributed by atoms with E-state index in [9.17, 15) is 9.59 Å². The molecule has 0 fully saturated rings. The van der Waals surface area contributed by atoms with Crippen LogP contribution >= 0.6 is 11.6 Å². The molecule has 19 heavy (non-hydrogen) atoms. The minimum atomic E-state index is -0.385. The Hall–Kier alpha value is -2.14. The first-order valence-electron chi connectivity index (χ1n) is 5.75. The topological polar surface area (TPSA) is 64.0 Å². The van der Waals surface area contributed by atoms with Crippen LogP contribution in [0.5, 0.6) is 0 Å². The maximum Gasteiger partial charge on any atom is 0.276 e. The fourth-order valence-corrected chi connectivity index (χ4v) is 1.75. The number of nitrogens with zero attached hydrogens (tertiary/aromatic N) is 2. The molecular formula is C13H12ClN3O2. The molecule has 1 aromatic carbocycles. The number of hydrogen-bond donors (Lipinski definition) is 1. The Balaban J connectivity index is 2.23. The number of benzene rings is 1. The minimum absolute atomic E-state index is 0.182. The third kappa shape index (κ3) is 3.20. The summed E-state index contributed by atoms with van der Waals surface area (Å²) in [6.45, 7) is 2.20. The zero-order chi connectivity index (χ0) is 13.8. The summed E-state index contributed by atoms with van der Waals surface area (Å²) in [5.74, 6) is -0.385. The molecule has 0 atom stereocenters. The van der Waals surface area contributed by atoms with Gasteiger partial charge in [-0.05, 0) is 31.2 Å². The molecule has 0 spiro atoms. The second-order valence-corrected chi connectivity index (χ2v) is 4.27. The number of halogens is 1. The van der Waals surface area contributed by atoms with Gasteiger partial charge in [-0.2, -0.15) is 5.10 Å². The van der Waals surface area contributed by atoms with Gasteiger partial charge in [0.05, 0.1) is 0 Å². The Bertz CT molecular complexity index is 667. The lowest BCUT2D eigenvalue weighted by Crippen LogP contribution is -2.25. The number of aromatic nitrogens is 2. The van der Waals surface area contributed by atoms with E-state index in [1.54, 1.807) is 31.2 Å². The number of amides is 1. The van der Waals surface area contributed by atoms with Crippen molar-refractivity contribution in [2.24, 2.45) is 0 Å². The van der Waals surface area contributed by atoms with Crippen molar-refractivity contribution in [1.29, 1.82) is 0 Å². The molecule has 1 N–H and O–H groups in total. The van der Waals surface area contributed by atoms with Crippen molar-refractivity contribution in [2.75, 3.05) is 5.32 Å². The molecule has 1 amide bonds. The second kappa shape index (κ2) is 5.67. The van der Waals surface area contributed by atoms with Crippen molar-refractivity contribution in [1.82, 2.24) is 9.78 Å². The first-order valence-corrected chi connectivity index (χ1v) is 6.13. The molecule has 98 valence electrons. The average Bonchev–Trinajstić information content (AvgIpc) is 2.39. The van der Waals surface area contributed by atoms with E-state index in [0.717, 1.165) is 0 Å². The van der Waals surface area contributed by atoms with Crippen molar-refractivity contribution < 1.29 is 4.79 Å². The van der Waals surface area contributed by atoms with Crippen molar-refractivity contribution in [3.05, 3.63) is 57.5 Å². The van der Waals surface area contributed by atoms with Crippen LogP contribution in [0.25, 0.3) is 0 Å². The molecule has 2 aromatic rings. The van der Waals surface area contributed by atoms with Crippen LogP contribution in [0.3, 0.4) is 0 Å². The molecule has 0 aliphatic carbocycles. The Labute approximate surface area is 114 Å². The average molecular weight is 278 g/mol. The van der Waals surface area contributed by atoms with Crippen LogP contribution < -0.4 is 10.9 Å². The predicted molar refractivity (Wildman–Crippen MR) is 73.6 cm³/mol. The van der Waals surface area contributed by atoms with Gasteiger partial charge in [-0.1, -0.05) is 17.7 Å². The smallest absolute Gasteiger partial charge is 0.276 e. The third-order valence-corrected chi connectivity index (χ3v) is 2.72. The molecule has 0 bridgehead atoms. The van der Waals surface area contributed by atoms with Crippen LogP contribution in [0.1, 0.15) is 17.4 Å². The zero-order valence-corrected chi connectivity index (χ0v) is 11.0. The summed E-state index contributed by atoms with van der Waals surface area (Å²) in [4.78, 5) is 23.4. The van der Waals surface area contributed by atoms with Gasteiger partial charge in [0, 0.05) is 23.3 Å². The van der Waals surface area contributed by atoms with Crippen molar-refractivity contribution >= 4 is 23.2 Å². The maximum absolute atomic E-state index is 12.0. The molecule has 0 aliphatic rings. The number of rotatable bonds is 3. The molecule has 0 saturated carbocycles. The first kappa shape index (κ1) is 13.3. The quantitative estimate of drug-likeness (QED) is 0.935. The van der Waals surface area contributed by atoms with Gasteiger partial charge in [0.2, 0.25) is 0 Å². The van der Waals surface area contributed by atoms with E-state index in [4.69, 9.17) is 11.6 Å². The van der Waals surface area contributed by atoms with Crippen LogP contribution in [0.4, 0.5) is 5.69 Å². The number of carbonyl (C=O) groups is 1. The monoisotopic (exact) mass is 277 g/mol. The molecule has 0 unspecified atom stereocenters. The normalized spacial score (nSPS) is 10.2. The number of hydrogen-bond acceptors (Lipinski definition) is 3. The van der Waals surface area contributed by atoms with Gasteiger partial charge in [-0.3, -0.25) is 9.59 Å². The van der Waals surface area contributed by atoms with Gasteiger partial charge in [0.15, 0.2) is 0 Å². The lowest BCUT2D eigenvalue weighted by Gasteiger charge is -2.06. The molecule has 0 aliphatic heterocycles. The molecule has 1 aromatic heterocycles. The molecule has 0 saturated heterocycles. The lowest BCUT2D eigenvalue weighted by atomic mass is 10.3. The van der Waals surface area contributed by atoms with E-state index in [2.05, 4.69) is 10.4 Å². The SMILES string of the molecule is CCn1nc(C(=O)Nc2cccc(Cl)c2)ccc1=O. The van der Waals surface area contributed by atoms with Gasteiger partial charge in [-0.25, -0.2) is 4.68 Å². The van der Waals surface area contributed by atoms with E-state index in [1.165, 1.54) is 16.8 Å². The highest BCUT2D eigenvalue weighted by Gasteiger charge is 2.09. The summed E-state index contributed by atoms with van der Waals surface area (Å²) < 4.78 is 1.23. The highest BCUT2D eigenvalue weighted by Crippen LogP contribution is 2.15. The Morgan fingerprint density at radius 3 is 2.84 bits per heavy atom. The van der Waals surface area contributed by atoms with E-state index in [-0.39, 0.29) is 17.2 Å². The maximum atomic E-state index is 12.0. The highest BCUT2D eigenvalue weighted by atomic mass is 35.5. The fraction of sp³-hybridized carbons (Fsp3) is 0.154. The lowest BCUT2D eigenvalue weighted by molar-refractivity contribution is 0.102. The number of carbonyl (C=O) groups excluding carboxylic acids is 1. The minimum Gasteiger partial charge on any atom is -0.321 e. The van der Waals surface area contributed by atoms with E-state index in [0.29, 0.717) is 17.3 Å². The van der Waals surface area contributed by atoms with Crippen LogP contribution in [0.2, 0.25) is 5.02 Å². The molecule has 0 radical (unpaired) electrons. The molecular weight excluding hydrogens is 266 g/mol. The first-order chi connectivity index (χ1) is 9.10. The molecule has 5 nitrogen and oxygen atoms in total. The van der Waals surface area contributed by atoms with Crippen LogP contribution in [-0.2, 0) is 6.54 Å². The van der Waals surface area contributed by atoms with E-state index >= 15 is 0 Å². The number of anilines is 1. The standard InChI is InChI=1S/C13H12ClN3O2/c1-2-17-12(18)7-6-11(16-17)13(19)15-10-5-3-4-9(14)8-10/h3-8H,2H2,1H3,(H,15,19). The van der Waals surface area contributed by atoms with Crippen molar-refractivity contribution in [3.63, 3.8) is 0 Å². The van der Waals surface area contributed by atoms with Crippen molar-refractivity contribution in [2.45, 2.75) is 13.5 Å². The van der Waals surface area contributed by atoms with Crippen LogP contribution in [0.15, 0.2) is 41.2 Å². The summed E-state index contributed by atoms with van der Waals surface area (Å²) in [5, 5.41) is 7.17.